The van der Waals surface area contributed by atoms with Crippen LogP contribution in [0.3, 0.4) is 0 Å². The first-order valence-corrected chi connectivity index (χ1v) is 5.29. The third-order valence-electron chi connectivity index (χ3n) is 2.78. The van der Waals surface area contributed by atoms with Crippen molar-refractivity contribution in [3.05, 3.63) is 39.7 Å². The summed E-state index contributed by atoms with van der Waals surface area (Å²) in [7, 11) is 1.71. The Morgan fingerprint density at radius 3 is 2.72 bits per heavy atom. The highest BCUT2D eigenvalue weighted by Crippen LogP contribution is 2.26. The second-order valence-electron chi connectivity index (χ2n) is 3.91. The smallest absolute Gasteiger partial charge is 0.270 e. The molecule has 7 nitrogen and oxygen atoms in total. The van der Waals surface area contributed by atoms with Gasteiger partial charge in [-0.3, -0.25) is 10.1 Å². The number of aryl methyl sites for hydroxylation is 1. The van der Waals surface area contributed by atoms with Crippen molar-refractivity contribution >= 4 is 5.69 Å². The van der Waals surface area contributed by atoms with E-state index < -0.39 is 4.92 Å². The highest BCUT2D eigenvalue weighted by Gasteiger charge is 2.15. The monoisotopic (exact) mass is 248 g/mol. The van der Waals surface area contributed by atoms with Gasteiger partial charge in [0.15, 0.2) is 11.6 Å². The maximum atomic E-state index is 10.8. The van der Waals surface area contributed by atoms with Crippen LogP contribution in [0, 0.1) is 17.0 Å². The lowest BCUT2D eigenvalue weighted by Gasteiger charge is -2.05. The number of aromatic nitrogens is 3. The van der Waals surface area contributed by atoms with Crippen molar-refractivity contribution in [2.24, 2.45) is 7.05 Å². The molecule has 0 saturated carbocycles. The zero-order valence-corrected chi connectivity index (χ0v) is 9.99. The van der Waals surface area contributed by atoms with Gasteiger partial charge < -0.3 is 9.67 Å². The minimum atomic E-state index is -0.452. The second kappa shape index (κ2) is 4.53. The lowest BCUT2D eigenvalue weighted by molar-refractivity contribution is -0.384. The average molecular weight is 248 g/mol. The zero-order valence-electron chi connectivity index (χ0n) is 9.99. The number of benzene rings is 1. The predicted molar refractivity (Wildman–Crippen MR) is 63.8 cm³/mol. The highest BCUT2D eigenvalue weighted by molar-refractivity contribution is 5.64. The molecular weight excluding hydrogens is 236 g/mol. The number of aliphatic hydroxyl groups excluding tert-OH is 1. The van der Waals surface area contributed by atoms with Gasteiger partial charge in [-0.15, -0.1) is 10.2 Å². The molecule has 0 saturated heterocycles. The summed E-state index contributed by atoms with van der Waals surface area (Å²) in [6.07, 6.45) is 0. The van der Waals surface area contributed by atoms with E-state index in [9.17, 15) is 10.1 Å². The fraction of sp³-hybridized carbons (Fsp3) is 0.273. The molecule has 1 aromatic carbocycles. The Morgan fingerprint density at radius 1 is 1.44 bits per heavy atom. The van der Waals surface area contributed by atoms with Crippen molar-refractivity contribution in [3.63, 3.8) is 0 Å². The van der Waals surface area contributed by atoms with Gasteiger partial charge in [0.05, 0.1) is 4.92 Å². The van der Waals surface area contributed by atoms with Crippen LogP contribution >= 0.6 is 0 Å². The molecule has 1 heterocycles. The third-order valence-corrected chi connectivity index (χ3v) is 2.78. The maximum absolute atomic E-state index is 10.8. The van der Waals surface area contributed by atoms with Gasteiger partial charge >= 0.3 is 0 Å². The van der Waals surface area contributed by atoms with Gasteiger partial charge in [0, 0.05) is 24.7 Å². The maximum Gasteiger partial charge on any atom is 0.270 e. The van der Waals surface area contributed by atoms with E-state index in [0.717, 1.165) is 5.56 Å². The highest BCUT2D eigenvalue weighted by atomic mass is 16.6. The summed E-state index contributed by atoms with van der Waals surface area (Å²) in [5.41, 5.74) is 1.50. The van der Waals surface area contributed by atoms with Crippen molar-refractivity contribution in [2.45, 2.75) is 13.5 Å². The van der Waals surface area contributed by atoms with Crippen LogP contribution in [0.1, 0.15) is 11.4 Å². The van der Waals surface area contributed by atoms with Crippen molar-refractivity contribution in [3.8, 4) is 11.4 Å². The molecule has 0 atom stereocenters. The molecule has 2 aromatic rings. The van der Waals surface area contributed by atoms with E-state index >= 15 is 0 Å². The van der Waals surface area contributed by atoms with Crippen molar-refractivity contribution in [1.29, 1.82) is 0 Å². The molecule has 94 valence electrons. The molecule has 0 spiro atoms. The van der Waals surface area contributed by atoms with Gasteiger partial charge in [-0.2, -0.15) is 0 Å². The van der Waals surface area contributed by atoms with E-state index in [4.69, 9.17) is 5.11 Å². The summed E-state index contributed by atoms with van der Waals surface area (Å²) in [6.45, 7) is 1.61. The molecular formula is C11H12N4O3. The quantitative estimate of drug-likeness (QED) is 0.650. The average Bonchev–Trinajstić information content (AvgIpc) is 2.70. The van der Waals surface area contributed by atoms with Crippen LogP contribution in [0.15, 0.2) is 18.2 Å². The van der Waals surface area contributed by atoms with Gasteiger partial charge in [0.2, 0.25) is 0 Å². The van der Waals surface area contributed by atoms with Gasteiger partial charge in [-0.05, 0) is 12.5 Å². The lowest BCUT2D eigenvalue weighted by Crippen LogP contribution is -2.00. The molecule has 7 heteroatoms. The molecule has 2 rings (SSSR count). The van der Waals surface area contributed by atoms with E-state index in [0.29, 0.717) is 17.2 Å². The van der Waals surface area contributed by atoms with Gasteiger partial charge in [0.1, 0.15) is 6.61 Å². The molecule has 0 aliphatic heterocycles. The Balaban J connectivity index is 2.59. The molecule has 0 aliphatic carbocycles. The van der Waals surface area contributed by atoms with Crippen molar-refractivity contribution in [2.75, 3.05) is 0 Å². The Labute approximate surface area is 103 Å². The van der Waals surface area contributed by atoms with E-state index in [2.05, 4.69) is 10.2 Å². The van der Waals surface area contributed by atoms with E-state index in [-0.39, 0.29) is 12.3 Å². The molecule has 0 unspecified atom stereocenters. The summed E-state index contributed by atoms with van der Waals surface area (Å²) in [5, 5.41) is 27.6. The number of non-ortho nitro benzene ring substituents is 1. The number of hydrogen-bond donors (Lipinski definition) is 1. The molecule has 1 aromatic heterocycles. The summed E-state index contributed by atoms with van der Waals surface area (Å²) in [5.74, 6) is 0.913. The van der Waals surface area contributed by atoms with Crippen molar-refractivity contribution < 1.29 is 10.0 Å². The number of rotatable bonds is 3. The molecule has 0 amide bonds. The van der Waals surface area contributed by atoms with Crippen LogP contribution in [0.25, 0.3) is 11.4 Å². The topological polar surface area (TPSA) is 94.1 Å². The van der Waals surface area contributed by atoms with Gasteiger partial charge in [-0.25, -0.2) is 0 Å². The first kappa shape index (κ1) is 12.2. The van der Waals surface area contributed by atoms with Crippen LogP contribution in [-0.2, 0) is 13.7 Å². The Morgan fingerprint density at radius 2 is 2.17 bits per heavy atom. The molecule has 0 fully saturated rings. The normalized spacial score (nSPS) is 10.6. The SMILES string of the molecule is Cc1ccc([N+](=O)[O-])cc1-c1nnc(CO)n1C. The predicted octanol–water partition coefficient (Wildman–Crippen LogP) is 1.19. The number of nitro groups is 1. The summed E-state index contributed by atoms with van der Waals surface area (Å²) >= 11 is 0. The second-order valence-corrected chi connectivity index (χ2v) is 3.91. The summed E-state index contributed by atoms with van der Waals surface area (Å²) in [4.78, 5) is 10.3. The minimum absolute atomic E-state index is 0.00384. The van der Waals surface area contributed by atoms with E-state index in [1.165, 1.54) is 12.1 Å². The lowest BCUT2D eigenvalue weighted by atomic mass is 10.1. The molecule has 18 heavy (non-hydrogen) atoms. The van der Waals surface area contributed by atoms with Crippen LogP contribution in [0.2, 0.25) is 0 Å². The largest absolute Gasteiger partial charge is 0.388 e. The van der Waals surface area contributed by atoms with Crippen LogP contribution in [0.4, 0.5) is 5.69 Å². The Hall–Kier alpha value is -2.28. The number of aliphatic hydroxyl groups is 1. The zero-order chi connectivity index (χ0) is 13.3. The van der Waals surface area contributed by atoms with Crippen LogP contribution in [0.5, 0.6) is 0 Å². The number of nitro benzene ring substituents is 1. The van der Waals surface area contributed by atoms with Crippen molar-refractivity contribution in [1.82, 2.24) is 14.8 Å². The fourth-order valence-electron chi connectivity index (χ4n) is 1.70. The minimum Gasteiger partial charge on any atom is -0.388 e. The first-order valence-electron chi connectivity index (χ1n) is 5.29. The summed E-state index contributed by atoms with van der Waals surface area (Å²) in [6, 6.07) is 4.57. The van der Waals surface area contributed by atoms with Crippen LogP contribution < -0.4 is 0 Å². The molecule has 0 radical (unpaired) electrons. The van der Waals surface area contributed by atoms with E-state index in [1.807, 2.05) is 6.92 Å². The Kier molecular flexibility index (Phi) is 3.07. The first-order chi connectivity index (χ1) is 8.54. The molecule has 0 aliphatic rings. The Bertz CT molecular complexity index is 606. The molecule has 1 N–H and O–H groups in total. The van der Waals surface area contributed by atoms with Crippen LogP contribution in [-0.4, -0.2) is 24.8 Å². The van der Waals surface area contributed by atoms with Gasteiger partial charge in [-0.1, -0.05) is 6.07 Å². The standard InChI is InChI=1S/C11H12N4O3/c1-7-3-4-8(15(17)18)5-9(7)11-13-12-10(6-16)14(11)2/h3-5,16H,6H2,1-2H3. The van der Waals surface area contributed by atoms with Gasteiger partial charge in [0.25, 0.3) is 5.69 Å². The third kappa shape index (κ3) is 1.95. The molecule has 0 bridgehead atoms. The summed E-state index contributed by atoms with van der Waals surface area (Å²) < 4.78 is 1.62. The number of hydrogen-bond acceptors (Lipinski definition) is 5. The number of nitrogens with zero attached hydrogens (tertiary/aromatic N) is 4. The van der Waals surface area contributed by atoms with E-state index in [1.54, 1.807) is 17.7 Å². The fourth-order valence-corrected chi connectivity index (χ4v) is 1.70.